The molecule has 0 N–H and O–H groups in total. The number of benzene rings is 3. The smallest absolute Gasteiger partial charge is 0 e. The zero-order chi connectivity index (χ0) is 31.9. The minimum Gasteiger partial charge on any atom is 0 e. The first-order chi connectivity index (χ1) is 19.1. The van der Waals surface area contributed by atoms with E-state index in [1.807, 2.05) is 0 Å². The summed E-state index contributed by atoms with van der Waals surface area (Å²) in [6.45, 7) is 36.5. The van der Waals surface area contributed by atoms with E-state index in [0.29, 0.717) is 0 Å². The van der Waals surface area contributed by atoms with Crippen LogP contribution < -0.4 is 5.30 Å². The van der Waals surface area contributed by atoms with Crippen LogP contribution in [0.25, 0.3) is 0 Å². The van der Waals surface area contributed by atoms with E-state index in [1.54, 1.807) is 0 Å². The summed E-state index contributed by atoms with van der Waals surface area (Å²) in [4.78, 5) is 0.268. The predicted octanol–water partition coefficient (Wildman–Crippen LogP) is 7.79. The van der Waals surface area contributed by atoms with Gasteiger partial charge in [-0.1, -0.05) is 124 Å². The summed E-state index contributed by atoms with van der Waals surface area (Å²) in [5.74, 6) is 0.164. The third-order valence-electron chi connectivity index (χ3n) is 5.61. The molecule has 0 spiro atoms. The van der Waals surface area contributed by atoms with E-state index >= 15 is 4.20 Å². The Labute approximate surface area is 262 Å². The summed E-state index contributed by atoms with van der Waals surface area (Å²) in [5, 5.41) is 0.906. The second kappa shape index (κ2) is 25.5. The monoisotopic (exact) mass is 776 g/mol. The Bertz CT molecular complexity index is 1080. The molecule has 0 bridgehead atoms. The zero-order valence-corrected chi connectivity index (χ0v) is 29.8. The Hall–Kier alpha value is -2.16. The molecular formula is C31H34FO5PSi2W. The predicted molar refractivity (Wildman–Crippen MR) is 158 cm³/mol. The maximum atomic E-state index is 15.9. The van der Waals surface area contributed by atoms with E-state index in [0.717, 1.165) is 5.30 Å². The normalized spacial score (nSPS) is 10.2. The topological polar surface area (TPSA) is 99.5 Å². The van der Waals surface area contributed by atoms with Gasteiger partial charge in [-0.15, -0.1) is 0 Å². The Morgan fingerprint density at radius 2 is 0.780 bits per heavy atom. The molecule has 1 unspecified atom stereocenters. The second-order valence-electron chi connectivity index (χ2n) is 10.3. The van der Waals surface area contributed by atoms with Crippen molar-refractivity contribution >= 4 is 29.7 Å². The van der Waals surface area contributed by atoms with Crippen molar-refractivity contribution in [1.82, 2.24) is 0 Å². The minimum atomic E-state index is -1.63. The number of rotatable bonds is 7. The van der Waals surface area contributed by atoms with Crippen LogP contribution in [0, 0.1) is 33.3 Å². The molecule has 0 saturated carbocycles. The van der Waals surface area contributed by atoms with Crippen LogP contribution in [0.5, 0.6) is 0 Å². The average molecular weight is 777 g/mol. The van der Waals surface area contributed by atoms with Crippen LogP contribution in [0.2, 0.25) is 39.3 Å². The van der Waals surface area contributed by atoms with Gasteiger partial charge in [-0.3, -0.25) is 0 Å². The van der Waals surface area contributed by atoms with Gasteiger partial charge in [0.2, 0.25) is 0 Å². The summed E-state index contributed by atoms with van der Waals surface area (Å²) < 4.78 is 53.4. The molecule has 3 aromatic carbocycles. The second-order valence-corrected chi connectivity index (χ2v) is 24.1. The molecule has 0 saturated heterocycles. The van der Waals surface area contributed by atoms with Crippen LogP contribution in [-0.2, 0) is 44.3 Å². The third kappa shape index (κ3) is 15.6. The van der Waals surface area contributed by atoms with Gasteiger partial charge in [0.15, 0.2) is 0 Å². The van der Waals surface area contributed by atoms with Crippen LogP contribution in [0.15, 0.2) is 84.9 Å². The van der Waals surface area contributed by atoms with Crippen molar-refractivity contribution in [3.63, 3.8) is 0 Å². The molecule has 0 heterocycles. The number of halogens is 1. The molecule has 0 fully saturated rings. The largest absolute Gasteiger partial charge is 0 e. The first-order valence-corrected chi connectivity index (χ1v) is 20.2. The standard InChI is InChI=1S/C26H34FPSi2.5CO.W/c1-29(2,3)26(30(4,5)6)28(27)24-19-17-23(18-20-24)25(21-13-9-7-10-14-21)22-15-11-8-12-16-22;5*1-2;/h7-20,25-26H,1-6H3;;;;;;. The fourth-order valence-electron chi connectivity index (χ4n) is 4.81. The fourth-order valence-corrected chi connectivity index (χ4v) is 22.3. The molecule has 0 amide bonds. The molecule has 5 nitrogen and oxygen atoms in total. The van der Waals surface area contributed by atoms with Crippen LogP contribution in [0.3, 0.4) is 0 Å². The molecule has 0 aliphatic heterocycles. The maximum absolute atomic E-state index is 15.9. The van der Waals surface area contributed by atoms with Crippen molar-refractivity contribution < 1.29 is 48.5 Å². The molecule has 0 aromatic heterocycles. The Balaban J connectivity index is -0.000000562. The van der Waals surface area contributed by atoms with Gasteiger partial charge >= 0.3 is 56.5 Å². The molecular weight excluding hydrogens is 742 g/mol. The van der Waals surface area contributed by atoms with Gasteiger partial charge in [-0.25, -0.2) is 4.20 Å². The summed E-state index contributed by atoms with van der Waals surface area (Å²) in [6, 6.07) is 29.6. The van der Waals surface area contributed by atoms with Crippen molar-refractivity contribution in [1.29, 1.82) is 0 Å². The quantitative estimate of drug-likeness (QED) is 0.0770. The van der Waals surface area contributed by atoms with E-state index < -0.39 is 24.4 Å². The van der Waals surface area contributed by atoms with E-state index in [4.69, 9.17) is 23.3 Å². The van der Waals surface area contributed by atoms with Crippen LogP contribution in [-0.4, -0.2) is 21.1 Å². The fraction of sp³-hybridized carbons (Fsp3) is 0.258. The molecule has 3 rings (SSSR count). The van der Waals surface area contributed by atoms with Gasteiger partial charge in [0, 0.05) is 37.2 Å². The number of hydrogen-bond donors (Lipinski definition) is 0. The van der Waals surface area contributed by atoms with Crippen LogP contribution in [0.4, 0.5) is 4.20 Å². The molecule has 0 radical (unpaired) electrons. The van der Waals surface area contributed by atoms with Crippen molar-refractivity contribution in [3.05, 3.63) is 135 Å². The molecule has 41 heavy (non-hydrogen) atoms. The van der Waals surface area contributed by atoms with E-state index in [9.17, 15) is 0 Å². The van der Waals surface area contributed by atoms with Gasteiger partial charge in [0.1, 0.15) is 8.23 Å². The maximum Gasteiger partial charge on any atom is 0 e. The van der Waals surface area contributed by atoms with E-state index in [-0.39, 0.29) is 31.9 Å². The molecule has 3 aromatic rings. The molecule has 10 heteroatoms. The van der Waals surface area contributed by atoms with Gasteiger partial charge in [0.05, 0.1) is 16.1 Å². The number of hydrogen-bond acceptors (Lipinski definition) is 0. The average Bonchev–Trinajstić information content (AvgIpc) is 2.98. The SMILES string of the molecule is C[Si](C)(C)C(P(F)c1ccc(C(c2ccccc2)c2ccccc2)cc1)[Si](C)(C)C.[C-]#[O+].[C-]#[O+].[C-]#[O+].[C-]#[O+].[C-]#[O+].[W]. The first-order valence-electron chi connectivity index (χ1n) is 11.8. The van der Waals surface area contributed by atoms with Gasteiger partial charge in [-0.05, 0) is 16.7 Å². The van der Waals surface area contributed by atoms with Gasteiger partial charge < -0.3 is 0 Å². The summed E-state index contributed by atoms with van der Waals surface area (Å²) >= 11 is 0. The Morgan fingerprint density at radius 3 is 1.05 bits per heavy atom. The van der Waals surface area contributed by atoms with Crippen molar-refractivity contribution in [2.75, 3.05) is 0 Å². The summed E-state index contributed by atoms with van der Waals surface area (Å²) in [7, 11) is -4.82. The molecule has 214 valence electrons. The van der Waals surface area contributed by atoms with Gasteiger partial charge in [-0.2, -0.15) is 0 Å². The zero-order valence-electron chi connectivity index (χ0n) is 24.0. The molecule has 0 aliphatic carbocycles. The third-order valence-corrected chi connectivity index (χ3v) is 21.3. The van der Waals surface area contributed by atoms with Crippen LogP contribution >= 0.6 is 8.23 Å². The van der Waals surface area contributed by atoms with Crippen molar-refractivity contribution in [3.8, 4) is 0 Å². The molecule has 0 aliphatic rings. The summed E-state index contributed by atoms with van der Waals surface area (Å²) in [5.41, 5.74) is 3.75. The van der Waals surface area contributed by atoms with Gasteiger partial charge in [0.25, 0.3) is 0 Å². The van der Waals surface area contributed by atoms with Crippen molar-refractivity contribution in [2.24, 2.45) is 0 Å². The first kappa shape index (κ1) is 45.8. The summed E-state index contributed by atoms with van der Waals surface area (Å²) in [6.07, 6.45) is 0. The Morgan fingerprint density at radius 1 is 0.512 bits per heavy atom. The minimum absolute atomic E-state index is 0. The van der Waals surface area contributed by atoms with E-state index in [1.165, 1.54) is 16.7 Å². The van der Waals surface area contributed by atoms with Crippen LogP contribution in [0.1, 0.15) is 22.6 Å². The van der Waals surface area contributed by atoms with Crippen molar-refractivity contribution in [2.45, 2.75) is 50.1 Å². The van der Waals surface area contributed by atoms with E-state index in [2.05, 4.69) is 157 Å². The Kier molecular flexibility index (Phi) is 28.5. The molecule has 1 atom stereocenters.